The Morgan fingerprint density at radius 3 is 2.25 bits per heavy atom. The number of alkyl halides is 3. The second-order valence-electron chi connectivity index (χ2n) is 8.39. The highest BCUT2D eigenvalue weighted by molar-refractivity contribution is 6.00. The Kier molecular flexibility index (Phi) is 6.82. The van der Waals surface area contributed by atoms with Crippen molar-refractivity contribution in [1.82, 2.24) is 20.6 Å². The van der Waals surface area contributed by atoms with Crippen LogP contribution in [0.25, 0.3) is 0 Å². The number of carbonyl (C=O) groups is 2. The molecule has 2 aromatic carbocycles. The summed E-state index contributed by atoms with van der Waals surface area (Å²) in [6.07, 6.45) is 0.422. The van der Waals surface area contributed by atoms with Crippen LogP contribution in [0.3, 0.4) is 0 Å². The monoisotopic (exact) mass is 500 g/mol. The summed E-state index contributed by atoms with van der Waals surface area (Å²) in [6, 6.07) is 9.37. The summed E-state index contributed by atoms with van der Waals surface area (Å²) in [5, 5.41) is 5.63. The van der Waals surface area contributed by atoms with Crippen LogP contribution in [0, 0.1) is 0 Å². The van der Waals surface area contributed by atoms with Gasteiger partial charge in [-0.3, -0.25) is 9.59 Å². The molecular weight excluding hydrogens is 477 g/mol. The number of amides is 2. The molecule has 1 unspecified atom stereocenters. The molecule has 188 valence electrons. The van der Waals surface area contributed by atoms with Gasteiger partial charge in [-0.2, -0.15) is 13.2 Å². The lowest BCUT2D eigenvalue weighted by Gasteiger charge is -2.21. The lowest BCUT2D eigenvalue weighted by molar-refractivity contribution is -0.138. The fraction of sp³-hybridized carbons (Fsp3) is 0.280. The number of nitrogens with one attached hydrogen (secondary N) is 2. The van der Waals surface area contributed by atoms with E-state index in [0.717, 1.165) is 6.07 Å². The van der Waals surface area contributed by atoms with Crippen LogP contribution in [0.2, 0.25) is 0 Å². The summed E-state index contributed by atoms with van der Waals surface area (Å²) in [7, 11) is 1.28. The highest BCUT2D eigenvalue weighted by Gasteiger charge is 2.51. The number of hydrogen-bond donors (Lipinski definition) is 2. The highest BCUT2D eigenvalue weighted by atomic mass is 19.4. The summed E-state index contributed by atoms with van der Waals surface area (Å²) in [5.41, 5.74) is -0.983. The molecule has 0 spiro atoms. The van der Waals surface area contributed by atoms with Crippen LogP contribution in [0.4, 0.5) is 13.2 Å². The minimum atomic E-state index is -4.62. The number of aromatic nitrogens is 2. The van der Waals surface area contributed by atoms with E-state index in [-0.39, 0.29) is 28.7 Å². The number of halogens is 3. The van der Waals surface area contributed by atoms with Crippen molar-refractivity contribution in [2.24, 2.45) is 0 Å². The largest absolute Gasteiger partial charge is 0.497 e. The van der Waals surface area contributed by atoms with Gasteiger partial charge >= 0.3 is 6.18 Å². The first-order chi connectivity index (χ1) is 17.1. The van der Waals surface area contributed by atoms with Crippen LogP contribution in [0.15, 0.2) is 61.2 Å². The fourth-order valence-electron chi connectivity index (χ4n) is 3.56. The first-order valence-corrected chi connectivity index (χ1v) is 11.0. The maximum absolute atomic E-state index is 13.4. The minimum absolute atomic E-state index is 0.0660. The van der Waals surface area contributed by atoms with Crippen molar-refractivity contribution >= 4 is 11.8 Å². The number of carbonyl (C=O) groups excluding carboxylic acids is 2. The van der Waals surface area contributed by atoms with Gasteiger partial charge in [0.05, 0.1) is 18.7 Å². The van der Waals surface area contributed by atoms with Gasteiger partial charge in [0.15, 0.2) is 0 Å². The molecule has 2 N–H and O–H groups in total. The molecule has 1 heterocycles. The number of benzene rings is 2. The van der Waals surface area contributed by atoms with E-state index in [4.69, 9.17) is 9.47 Å². The molecule has 36 heavy (non-hydrogen) atoms. The topological polar surface area (TPSA) is 102 Å². The zero-order valence-electron chi connectivity index (χ0n) is 19.4. The van der Waals surface area contributed by atoms with Crippen molar-refractivity contribution < 1.29 is 32.2 Å². The third-order valence-corrected chi connectivity index (χ3v) is 5.81. The smallest absolute Gasteiger partial charge is 0.420 e. The van der Waals surface area contributed by atoms with Crippen LogP contribution >= 0.6 is 0 Å². The Labute approximate surface area is 204 Å². The number of rotatable bonds is 8. The molecule has 1 aliphatic carbocycles. The van der Waals surface area contributed by atoms with Crippen molar-refractivity contribution in [1.29, 1.82) is 0 Å². The summed E-state index contributed by atoms with van der Waals surface area (Å²) in [6.45, 7) is 1.77. The maximum atomic E-state index is 13.4. The molecule has 1 atom stereocenters. The lowest BCUT2D eigenvalue weighted by atomic mass is 10.1. The Bertz CT molecular complexity index is 1250. The van der Waals surface area contributed by atoms with E-state index in [1.54, 1.807) is 19.1 Å². The van der Waals surface area contributed by atoms with Crippen molar-refractivity contribution in [3.05, 3.63) is 77.9 Å². The lowest BCUT2D eigenvalue weighted by Crippen LogP contribution is -2.49. The van der Waals surface area contributed by atoms with Gasteiger partial charge in [0.1, 0.15) is 34.7 Å². The normalized spacial score (nSPS) is 14.9. The number of ether oxygens (including phenoxy) is 2. The third-order valence-electron chi connectivity index (χ3n) is 5.81. The fourth-order valence-corrected chi connectivity index (χ4v) is 3.56. The SMILES string of the molecule is COc1ccc(Oc2ccc(C(C)NC(=O)C3(NC(=O)c4cncnc4)CC3)cc2)c(C(F)(F)F)c1. The van der Waals surface area contributed by atoms with Gasteiger partial charge in [-0.1, -0.05) is 12.1 Å². The highest BCUT2D eigenvalue weighted by Crippen LogP contribution is 2.40. The molecule has 0 radical (unpaired) electrons. The zero-order valence-corrected chi connectivity index (χ0v) is 19.4. The predicted octanol–water partition coefficient (Wildman–Crippen LogP) is 4.44. The number of nitrogens with zero attached hydrogens (tertiary/aromatic N) is 2. The molecule has 4 rings (SSSR count). The molecule has 0 saturated heterocycles. The van der Waals surface area contributed by atoms with Gasteiger partial charge in [-0.15, -0.1) is 0 Å². The Balaban J connectivity index is 1.40. The van der Waals surface area contributed by atoms with Crippen LogP contribution in [0.1, 0.15) is 47.3 Å². The maximum Gasteiger partial charge on any atom is 0.420 e. The van der Waals surface area contributed by atoms with Crippen LogP contribution in [-0.4, -0.2) is 34.4 Å². The molecule has 2 amide bonds. The van der Waals surface area contributed by atoms with Crippen LogP contribution < -0.4 is 20.1 Å². The average molecular weight is 500 g/mol. The van der Waals surface area contributed by atoms with Gasteiger partial charge < -0.3 is 20.1 Å². The second-order valence-corrected chi connectivity index (χ2v) is 8.39. The number of hydrogen-bond acceptors (Lipinski definition) is 6. The Morgan fingerprint density at radius 1 is 1.03 bits per heavy atom. The van der Waals surface area contributed by atoms with Gasteiger partial charge in [0.25, 0.3) is 5.91 Å². The molecule has 1 aromatic heterocycles. The first-order valence-electron chi connectivity index (χ1n) is 11.0. The Hall–Kier alpha value is -4.15. The van der Waals surface area contributed by atoms with Crippen molar-refractivity contribution in [2.75, 3.05) is 7.11 Å². The van der Waals surface area contributed by atoms with E-state index in [1.807, 2.05) is 0 Å². The third kappa shape index (κ3) is 5.56. The average Bonchev–Trinajstić information content (AvgIpc) is 3.65. The van der Waals surface area contributed by atoms with Gasteiger partial charge in [0.2, 0.25) is 5.91 Å². The zero-order chi connectivity index (χ0) is 25.9. The standard InChI is InChI=1S/C25H23F3N4O4/c1-15(31-23(34)24(9-10-24)32-22(33)17-12-29-14-30-13-17)16-3-5-18(6-4-16)36-21-8-7-19(35-2)11-20(21)25(26,27)28/h3-8,11-15H,9-10H2,1-2H3,(H,31,34)(H,32,33). The molecule has 1 fully saturated rings. The molecule has 3 aromatic rings. The summed E-state index contributed by atoms with van der Waals surface area (Å²) < 4.78 is 50.6. The molecule has 8 nitrogen and oxygen atoms in total. The molecular formula is C25H23F3N4O4. The van der Waals surface area contributed by atoms with Gasteiger partial charge in [-0.05, 0) is 55.7 Å². The van der Waals surface area contributed by atoms with E-state index < -0.39 is 29.2 Å². The summed E-state index contributed by atoms with van der Waals surface area (Å²) >= 11 is 0. The molecule has 1 aliphatic rings. The van der Waals surface area contributed by atoms with Crippen LogP contribution in [-0.2, 0) is 11.0 Å². The van der Waals surface area contributed by atoms with E-state index in [2.05, 4.69) is 20.6 Å². The van der Waals surface area contributed by atoms with Crippen molar-refractivity contribution in [3.8, 4) is 17.2 Å². The summed E-state index contributed by atoms with van der Waals surface area (Å²) in [5.74, 6) is -0.851. The van der Waals surface area contributed by atoms with Crippen molar-refractivity contribution in [2.45, 2.75) is 37.5 Å². The van der Waals surface area contributed by atoms with E-state index >= 15 is 0 Å². The second kappa shape index (κ2) is 9.84. The quantitative estimate of drug-likeness (QED) is 0.474. The minimum Gasteiger partial charge on any atom is -0.497 e. The molecule has 0 bridgehead atoms. The molecule has 0 aliphatic heterocycles. The predicted molar refractivity (Wildman–Crippen MR) is 123 cm³/mol. The Morgan fingerprint density at radius 2 is 1.67 bits per heavy atom. The van der Waals surface area contributed by atoms with Crippen molar-refractivity contribution in [3.63, 3.8) is 0 Å². The van der Waals surface area contributed by atoms with Gasteiger partial charge in [-0.25, -0.2) is 9.97 Å². The van der Waals surface area contributed by atoms with Gasteiger partial charge in [0, 0.05) is 12.4 Å². The first kappa shape index (κ1) is 25.0. The van der Waals surface area contributed by atoms with E-state index in [9.17, 15) is 22.8 Å². The number of methoxy groups -OCH3 is 1. The molecule has 1 saturated carbocycles. The van der Waals surface area contributed by atoms with Crippen LogP contribution in [0.5, 0.6) is 17.2 Å². The van der Waals surface area contributed by atoms with E-state index in [0.29, 0.717) is 18.4 Å². The van der Waals surface area contributed by atoms with E-state index in [1.165, 1.54) is 50.1 Å². The molecule has 11 heteroatoms. The summed E-state index contributed by atoms with van der Waals surface area (Å²) in [4.78, 5) is 32.9.